The second-order valence-electron chi connectivity index (χ2n) is 3.49. The average molecular weight is 367 g/mol. The first kappa shape index (κ1) is 15.0. The number of hydrogen-bond donors (Lipinski definition) is 1. The molecule has 0 aliphatic carbocycles. The second kappa shape index (κ2) is 8.08. The maximum atomic E-state index is 5.53. The Balaban J connectivity index is 2.63. The van der Waals surface area contributed by atoms with Crippen LogP contribution in [0.25, 0.3) is 0 Å². The lowest BCUT2D eigenvalue weighted by atomic mass is 10.2. The summed E-state index contributed by atoms with van der Waals surface area (Å²) in [5.74, 6) is 0.855. The number of nitrogens with one attached hydrogen (secondary N) is 1. The average Bonchev–Trinajstić information content (AvgIpc) is 2.29. The van der Waals surface area contributed by atoms with Gasteiger partial charge in [-0.25, -0.2) is 0 Å². The molecule has 96 valence electrons. The molecule has 0 atom stereocenters. The zero-order valence-electron chi connectivity index (χ0n) is 10.1. The molecule has 0 heterocycles. The molecule has 0 unspecified atom stereocenters. The van der Waals surface area contributed by atoms with Crippen molar-refractivity contribution >= 4 is 31.9 Å². The second-order valence-corrected chi connectivity index (χ2v) is 5.20. The van der Waals surface area contributed by atoms with E-state index < -0.39 is 0 Å². The molecular formula is C12H17Br2NO2. The van der Waals surface area contributed by atoms with Crippen molar-refractivity contribution in [3.8, 4) is 5.75 Å². The SMILES string of the molecule is CCOc1c(Br)cc(CNCCOC)cc1Br. The van der Waals surface area contributed by atoms with Gasteiger partial charge in [-0.1, -0.05) is 0 Å². The third-order valence-corrected chi connectivity index (χ3v) is 3.34. The molecule has 0 saturated heterocycles. The molecule has 17 heavy (non-hydrogen) atoms. The van der Waals surface area contributed by atoms with Gasteiger partial charge >= 0.3 is 0 Å². The Morgan fingerprint density at radius 1 is 1.24 bits per heavy atom. The summed E-state index contributed by atoms with van der Waals surface area (Å²) < 4.78 is 12.4. The van der Waals surface area contributed by atoms with Crippen molar-refractivity contribution in [3.63, 3.8) is 0 Å². The highest BCUT2D eigenvalue weighted by Crippen LogP contribution is 2.34. The van der Waals surface area contributed by atoms with Crippen molar-refractivity contribution in [1.82, 2.24) is 5.32 Å². The summed E-state index contributed by atoms with van der Waals surface area (Å²) in [7, 11) is 1.70. The zero-order valence-corrected chi connectivity index (χ0v) is 13.2. The molecule has 0 fully saturated rings. The van der Waals surface area contributed by atoms with Gasteiger partial charge in [0.2, 0.25) is 0 Å². The molecule has 1 aromatic carbocycles. The molecule has 0 bridgehead atoms. The van der Waals surface area contributed by atoms with Crippen LogP contribution in [0.4, 0.5) is 0 Å². The van der Waals surface area contributed by atoms with Gasteiger partial charge in [0.25, 0.3) is 0 Å². The van der Waals surface area contributed by atoms with Crippen LogP contribution in [0.5, 0.6) is 5.75 Å². The molecule has 0 aliphatic rings. The van der Waals surface area contributed by atoms with Gasteiger partial charge in [-0.05, 0) is 56.5 Å². The Morgan fingerprint density at radius 3 is 2.41 bits per heavy atom. The maximum absolute atomic E-state index is 5.53. The van der Waals surface area contributed by atoms with Crippen molar-refractivity contribution in [1.29, 1.82) is 0 Å². The molecule has 1 N–H and O–H groups in total. The van der Waals surface area contributed by atoms with Gasteiger partial charge in [0.15, 0.2) is 0 Å². The molecule has 3 nitrogen and oxygen atoms in total. The van der Waals surface area contributed by atoms with E-state index in [4.69, 9.17) is 9.47 Å². The number of rotatable bonds is 7. The Labute approximate surface area is 119 Å². The number of ether oxygens (including phenoxy) is 2. The van der Waals surface area contributed by atoms with Crippen LogP contribution >= 0.6 is 31.9 Å². The summed E-state index contributed by atoms with van der Waals surface area (Å²) >= 11 is 7.03. The van der Waals surface area contributed by atoms with E-state index in [9.17, 15) is 0 Å². The van der Waals surface area contributed by atoms with Crippen molar-refractivity contribution < 1.29 is 9.47 Å². The minimum atomic E-state index is 0.655. The minimum Gasteiger partial charge on any atom is -0.492 e. The van der Waals surface area contributed by atoms with Crippen LogP contribution in [-0.2, 0) is 11.3 Å². The van der Waals surface area contributed by atoms with Crippen molar-refractivity contribution in [2.24, 2.45) is 0 Å². The zero-order chi connectivity index (χ0) is 12.7. The highest BCUT2D eigenvalue weighted by molar-refractivity contribution is 9.11. The summed E-state index contributed by atoms with van der Waals surface area (Å²) in [4.78, 5) is 0. The van der Waals surface area contributed by atoms with Gasteiger partial charge in [0, 0.05) is 20.2 Å². The van der Waals surface area contributed by atoms with E-state index in [0.29, 0.717) is 6.61 Å². The fourth-order valence-electron chi connectivity index (χ4n) is 1.40. The van der Waals surface area contributed by atoms with Crippen LogP contribution in [0.1, 0.15) is 12.5 Å². The van der Waals surface area contributed by atoms with Gasteiger partial charge in [-0.2, -0.15) is 0 Å². The van der Waals surface area contributed by atoms with Gasteiger partial charge in [0.05, 0.1) is 22.2 Å². The highest BCUT2D eigenvalue weighted by atomic mass is 79.9. The lowest BCUT2D eigenvalue weighted by Gasteiger charge is -2.11. The summed E-state index contributed by atoms with van der Waals surface area (Å²) in [5.41, 5.74) is 1.20. The predicted octanol–water partition coefficient (Wildman–Crippen LogP) is 3.35. The Hall–Kier alpha value is -0.100. The fraction of sp³-hybridized carbons (Fsp3) is 0.500. The predicted molar refractivity (Wildman–Crippen MR) is 76.6 cm³/mol. The lowest BCUT2D eigenvalue weighted by molar-refractivity contribution is 0.199. The number of methoxy groups -OCH3 is 1. The standard InChI is InChI=1S/C12H17Br2NO2/c1-3-17-12-10(13)6-9(7-11(12)14)8-15-4-5-16-2/h6-7,15H,3-5,8H2,1-2H3. The monoisotopic (exact) mass is 365 g/mol. The molecule has 5 heteroatoms. The number of halogens is 2. The van der Waals surface area contributed by atoms with Crippen molar-refractivity contribution in [3.05, 3.63) is 26.6 Å². The molecule has 0 aliphatic heterocycles. The van der Waals surface area contributed by atoms with Crippen molar-refractivity contribution in [2.75, 3.05) is 26.9 Å². The largest absolute Gasteiger partial charge is 0.492 e. The van der Waals surface area contributed by atoms with Crippen LogP contribution in [0.3, 0.4) is 0 Å². The lowest BCUT2D eigenvalue weighted by Crippen LogP contribution is -2.18. The Morgan fingerprint density at radius 2 is 1.88 bits per heavy atom. The topological polar surface area (TPSA) is 30.5 Å². The Kier molecular flexibility index (Phi) is 7.11. The third kappa shape index (κ3) is 4.95. The van der Waals surface area contributed by atoms with Crippen LogP contribution in [0.2, 0.25) is 0 Å². The molecule has 0 radical (unpaired) electrons. The summed E-state index contributed by atoms with van der Waals surface area (Å²) in [5, 5.41) is 3.30. The normalized spacial score (nSPS) is 10.6. The molecule has 0 amide bonds. The highest BCUT2D eigenvalue weighted by Gasteiger charge is 2.08. The van der Waals surface area contributed by atoms with Crippen LogP contribution in [0, 0.1) is 0 Å². The Bertz CT molecular complexity index is 335. The molecule has 1 rings (SSSR count). The first-order valence-electron chi connectivity index (χ1n) is 5.49. The maximum Gasteiger partial charge on any atom is 0.147 e. The van der Waals surface area contributed by atoms with E-state index in [0.717, 1.165) is 34.4 Å². The van der Waals surface area contributed by atoms with E-state index in [-0.39, 0.29) is 0 Å². The van der Waals surface area contributed by atoms with E-state index in [2.05, 4.69) is 49.3 Å². The van der Waals surface area contributed by atoms with E-state index in [1.54, 1.807) is 7.11 Å². The molecule has 0 saturated carbocycles. The van der Waals surface area contributed by atoms with Crippen LogP contribution in [-0.4, -0.2) is 26.9 Å². The molecule has 0 aromatic heterocycles. The van der Waals surface area contributed by atoms with E-state index in [1.807, 2.05) is 6.92 Å². The first-order chi connectivity index (χ1) is 8.19. The number of benzene rings is 1. The van der Waals surface area contributed by atoms with Crippen LogP contribution in [0.15, 0.2) is 21.1 Å². The molecular weight excluding hydrogens is 350 g/mol. The smallest absolute Gasteiger partial charge is 0.147 e. The van der Waals surface area contributed by atoms with Gasteiger partial charge < -0.3 is 14.8 Å². The summed E-state index contributed by atoms with van der Waals surface area (Å²) in [6.07, 6.45) is 0. The van der Waals surface area contributed by atoms with Crippen molar-refractivity contribution in [2.45, 2.75) is 13.5 Å². The first-order valence-corrected chi connectivity index (χ1v) is 7.08. The van der Waals surface area contributed by atoms with Crippen LogP contribution < -0.4 is 10.1 Å². The summed E-state index contributed by atoms with van der Waals surface area (Å²) in [6, 6.07) is 4.13. The third-order valence-electron chi connectivity index (χ3n) is 2.16. The molecule has 1 aromatic rings. The van der Waals surface area contributed by atoms with Gasteiger partial charge in [-0.15, -0.1) is 0 Å². The van der Waals surface area contributed by atoms with Gasteiger partial charge in [0.1, 0.15) is 5.75 Å². The van der Waals surface area contributed by atoms with E-state index in [1.165, 1.54) is 5.56 Å². The van der Waals surface area contributed by atoms with E-state index >= 15 is 0 Å². The number of hydrogen-bond acceptors (Lipinski definition) is 3. The quantitative estimate of drug-likeness (QED) is 0.750. The minimum absolute atomic E-state index is 0.655. The summed E-state index contributed by atoms with van der Waals surface area (Å²) in [6.45, 7) is 5.01. The molecule has 0 spiro atoms. The van der Waals surface area contributed by atoms with Gasteiger partial charge in [-0.3, -0.25) is 0 Å². The fourth-order valence-corrected chi connectivity index (χ4v) is 2.91.